The second-order valence-corrected chi connectivity index (χ2v) is 11.6. The Kier molecular flexibility index (Phi) is 10.6. The van der Waals surface area contributed by atoms with Crippen molar-refractivity contribution < 1.29 is 43.8 Å². The van der Waals surface area contributed by atoms with Crippen LogP contribution in [0.4, 0.5) is 10.3 Å². The van der Waals surface area contributed by atoms with Crippen molar-refractivity contribution in [3.05, 3.63) is 95.3 Å². The largest absolute Gasteiger partial charge is 1.00 e. The van der Waals surface area contributed by atoms with E-state index in [1.165, 1.54) is 17.7 Å². The van der Waals surface area contributed by atoms with Gasteiger partial charge in [-0.05, 0) is 79.7 Å². The zero-order chi connectivity index (χ0) is 28.1. The molecule has 1 saturated heterocycles. The number of aliphatic carboxylic acids is 1. The number of aromatic nitrogens is 2. The standard InChI is InChI=1S/C33H39FN4O2.Na/c1-33(2,31(39)40)23-26-11-9-25(10-12-26)17-22-36-18-5-20-37(21-6-19-36)32-35-29-7-3-4-8-30(29)38(32)24-27-13-15-28(34)16-14-27;/h3-4,7-16H,5-6,17-24H2,1-2H3,(H,39,40);/q;+1/p-1. The van der Waals surface area contributed by atoms with Crippen molar-refractivity contribution >= 4 is 23.0 Å². The second kappa shape index (κ2) is 14.0. The molecule has 0 radical (unpaired) electrons. The van der Waals surface area contributed by atoms with Gasteiger partial charge in [0.05, 0.1) is 17.6 Å². The van der Waals surface area contributed by atoms with Crippen LogP contribution < -0.4 is 39.6 Å². The average molecular weight is 565 g/mol. The van der Waals surface area contributed by atoms with Gasteiger partial charge in [0, 0.05) is 31.0 Å². The number of benzene rings is 3. The molecule has 5 rings (SSSR count). The number of hydrogen-bond donors (Lipinski definition) is 0. The Labute approximate surface area is 264 Å². The first-order valence-corrected chi connectivity index (χ1v) is 14.2. The van der Waals surface area contributed by atoms with Crippen molar-refractivity contribution in [2.75, 3.05) is 37.6 Å². The number of carbonyl (C=O) groups excluding carboxylic acids is 1. The number of carboxylic acid groups (broad SMARTS) is 1. The fraction of sp³-hybridized carbons (Fsp3) is 0.394. The SMILES string of the molecule is CC(C)(Cc1ccc(CCN2CCCN(c3nc4ccccc4n3Cc3ccc(F)cc3)CCC2)cc1)C(=O)[O-].[Na+]. The van der Waals surface area contributed by atoms with E-state index in [1.807, 2.05) is 36.4 Å². The first-order valence-electron chi connectivity index (χ1n) is 14.2. The number of nitrogens with zero attached hydrogens (tertiary/aromatic N) is 4. The molecular weight excluding hydrogens is 526 g/mol. The molecule has 4 aromatic rings. The summed E-state index contributed by atoms with van der Waals surface area (Å²) < 4.78 is 15.8. The van der Waals surface area contributed by atoms with Gasteiger partial charge < -0.3 is 24.3 Å². The van der Waals surface area contributed by atoms with Gasteiger partial charge >= 0.3 is 29.6 Å². The van der Waals surface area contributed by atoms with Gasteiger partial charge in [0.25, 0.3) is 0 Å². The van der Waals surface area contributed by atoms with E-state index in [1.54, 1.807) is 13.8 Å². The van der Waals surface area contributed by atoms with E-state index in [4.69, 9.17) is 4.98 Å². The van der Waals surface area contributed by atoms with Crippen LogP contribution in [0.5, 0.6) is 0 Å². The normalized spacial score (nSPS) is 14.9. The van der Waals surface area contributed by atoms with E-state index in [9.17, 15) is 14.3 Å². The number of anilines is 1. The molecule has 2 heterocycles. The molecule has 0 bridgehead atoms. The van der Waals surface area contributed by atoms with Crippen LogP contribution in [-0.2, 0) is 24.2 Å². The molecule has 1 aromatic heterocycles. The molecule has 0 amide bonds. The number of rotatable bonds is 9. The number of fused-ring (bicyclic) bond motifs is 1. The Morgan fingerprint density at radius 2 is 1.49 bits per heavy atom. The molecule has 0 aliphatic carbocycles. The molecule has 6 nitrogen and oxygen atoms in total. The molecule has 0 unspecified atom stereocenters. The first kappa shape index (κ1) is 31.2. The fourth-order valence-corrected chi connectivity index (χ4v) is 5.54. The van der Waals surface area contributed by atoms with E-state index < -0.39 is 11.4 Å². The van der Waals surface area contributed by atoms with Gasteiger partial charge in [0.15, 0.2) is 0 Å². The molecule has 0 N–H and O–H groups in total. The van der Waals surface area contributed by atoms with Crippen LogP contribution in [0.15, 0.2) is 72.8 Å². The molecule has 3 aromatic carbocycles. The first-order chi connectivity index (χ1) is 19.3. The summed E-state index contributed by atoms with van der Waals surface area (Å²) in [5.41, 5.74) is 4.56. The Hall–Kier alpha value is -2.71. The number of hydrogen-bond acceptors (Lipinski definition) is 5. The summed E-state index contributed by atoms with van der Waals surface area (Å²) >= 11 is 0. The van der Waals surface area contributed by atoms with Crippen LogP contribution in [0.25, 0.3) is 11.0 Å². The van der Waals surface area contributed by atoms with Crippen LogP contribution in [0.2, 0.25) is 0 Å². The zero-order valence-corrected chi connectivity index (χ0v) is 26.5. The summed E-state index contributed by atoms with van der Waals surface area (Å²) in [6.45, 7) is 9.02. The molecule has 41 heavy (non-hydrogen) atoms. The number of carbonyl (C=O) groups is 1. The molecule has 1 aliphatic rings. The van der Waals surface area contributed by atoms with E-state index in [-0.39, 0.29) is 35.4 Å². The summed E-state index contributed by atoms with van der Waals surface area (Å²) in [5.74, 6) is -0.249. The van der Waals surface area contributed by atoms with Gasteiger partial charge in [0.1, 0.15) is 5.82 Å². The van der Waals surface area contributed by atoms with E-state index in [2.05, 4.69) is 38.6 Å². The number of para-hydroxylation sites is 2. The predicted octanol–water partition coefficient (Wildman–Crippen LogP) is 1.69. The van der Waals surface area contributed by atoms with Gasteiger partial charge in [-0.3, -0.25) is 0 Å². The quantitative estimate of drug-likeness (QED) is 0.290. The van der Waals surface area contributed by atoms with Crippen molar-refractivity contribution in [2.24, 2.45) is 5.41 Å². The average Bonchev–Trinajstić information content (AvgIpc) is 3.28. The predicted molar refractivity (Wildman–Crippen MR) is 156 cm³/mol. The maximum atomic E-state index is 13.5. The monoisotopic (exact) mass is 564 g/mol. The summed E-state index contributed by atoms with van der Waals surface area (Å²) in [5, 5.41) is 11.3. The summed E-state index contributed by atoms with van der Waals surface area (Å²) in [6, 6.07) is 23.3. The van der Waals surface area contributed by atoms with Gasteiger partial charge in [-0.15, -0.1) is 0 Å². The van der Waals surface area contributed by atoms with Crippen molar-refractivity contribution in [1.82, 2.24) is 14.5 Å². The topological polar surface area (TPSA) is 64.4 Å². The summed E-state index contributed by atoms with van der Waals surface area (Å²) in [6.07, 6.45) is 3.55. The van der Waals surface area contributed by atoms with Crippen molar-refractivity contribution in [3.8, 4) is 0 Å². The second-order valence-electron chi connectivity index (χ2n) is 11.6. The fourth-order valence-electron chi connectivity index (χ4n) is 5.54. The summed E-state index contributed by atoms with van der Waals surface area (Å²) in [7, 11) is 0. The Morgan fingerprint density at radius 1 is 0.878 bits per heavy atom. The number of carboxylic acids is 1. The van der Waals surface area contributed by atoms with Gasteiger partial charge in [-0.2, -0.15) is 0 Å². The Balaban J connectivity index is 0.00000387. The van der Waals surface area contributed by atoms with E-state index >= 15 is 0 Å². The minimum absolute atomic E-state index is 0. The minimum atomic E-state index is -1.02. The Morgan fingerprint density at radius 3 is 2.15 bits per heavy atom. The molecular formula is C33H38FN4NaO2. The maximum absolute atomic E-state index is 13.5. The molecule has 8 heteroatoms. The van der Waals surface area contributed by atoms with Crippen LogP contribution in [0.3, 0.4) is 0 Å². The van der Waals surface area contributed by atoms with Crippen molar-refractivity contribution in [2.45, 2.75) is 46.1 Å². The molecule has 210 valence electrons. The van der Waals surface area contributed by atoms with Crippen LogP contribution in [0.1, 0.15) is 43.4 Å². The maximum Gasteiger partial charge on any atom is 1.00 e. The number of imidazole rings is 1. The third-order valence-corrected chi connectivity index (χ3v) is 7.91. The Bertz CT molecular complexity index is 1430. The third-order valence-electron chi connectivity index (χ3n) is 7.91. The van der Waals surface area contributed by atoms with Gasteiger partial charge in [-0.25, -0.2) is 9.37 Å². The van der Waals surface area contributed by atoms with Crippen molar-refractivity contribution in [1.29, 1.82) is 0 Å². The van der Waals surface area contributed by atoms with E-state index in [0.717, 1.165) is 80.1 Å². The molecule has 1 fully saturated rings. The molecule has 1 aliphatic heterocycles. The van der Waals surface area contributed by atoms with Crippen molar-refractivity contribution in [3.63, 3.8) is 0 Å². The minimum Gasteiger partial charge on any atom is -0.550 e. The van der Waals surface area contributed by atoms with Crippen LogP contribution in [-0.4, -0.2) is 53.1 Å². The number of halogens is 1. The third kappa shape index (κ3) is 7.98. The van der Waals surface area contributed by atoms with E-state index in [0.29, 0.717) is 13.0 Å². The summed E-state index contributed by atoms with van der Waals surface area (Å²) in [4.78, 5) is 21.3. The molecule has 0 spiro atoms. The van der Waals surface area contributed by atoms with Crippen LogP contribution >= 0.6 is 0 Å². The molecule has 0 saturated carbocycles. The van der Waals surface area contributed by atoms with Crippen LogP contribution in [0, 0.1) is 11.2 Å². The van der Waals surface area contributed by atoms with Gasteiger partial charge in [-0.1, -0.05) is 62.4 Å². The smallest absolute Gasteiger partial charge is 0.550 e. The molecule has 0 atom stereocenters. The zero-order valence-electron chi connectivity index (χ0n) is 24.5. The van der Waals surface area contributed by atoms with Gasteiger partial charge in [0.2, 0.25) is 5.95 Å².